The van der Waals surface area contributed by atoms with E-state index < -0.39 is 5.97 Å². The Hall–Kier alpha value is -1.69. The van der Waals surface area contributed by atoms with Gasteiger partial charge in [0.05, 0.1) is 11.4 Å². The minimum atomic E-state index is -0.957. The number of ketones is 1. The number of carbonyl (C=O) groups is 2. The van der Waals surface area contributed by atoms with Crippen LogP contribution in [0.4, 0.5) is 0 Å². The van der Waals surface area contributed by atoms with Gasteiger partial charge < -0.3 is 5.11 Å². The summed E-state index contributed by atoms with van der Waals surface area (Å²) in [7, 11) is 0. The molecule has 0 fully saturated rings. The summed E-state index contributed by atoms with van der Waals surface area (Å²) in [5.41, 5.74) is 1.83. The summed E-state index contributed by atoms with van der Waals surface area (Å²) in [5, 5.41) is 9.19. The van der Waals surface area contributed by atoms with Gasteiger partial charge >= 0.3 is 5.97 Å². The molecular formula is C12H14N2O3S. The maximum atomic E-state index is 11.7. The molecule has 1 N–H and O–H groups in total. The first-order valence-corrected chi connectivity index (χ1v) is 6.54. The Balaban J connectivity index is 2.82. The summed E-state index contributed by atoms with van der Waals surface area (Å²) in [6.07, 6.45) is 1.44. The lowest BCUT2D eigenvalue weighted by Gasteiger charge is -2.02. The number of Topliss-reactive ketones (excluding diaryl/α,β-unsaturated/α-hetero) is 1. The number of hydrogen-bond acceptors (Lipinski definition) is 4. The molecule has 0 saturated heterocycles. The number of nitrogens with zero attached hydrogens (tertiary/aromatic N) is 2. The number of fused-ring (bicyclic) bond motifs is 1. The Morgan fingerprint density at radius 3 is 2.61 bits per heavy atom. The van der Waals surface area contributed by atoms with Gasteiger partial charge in [0, 0.05) is 6.92 Å². The number of aromatic carboxylic acids is 1. The van der Waals surface area contributed by atoms with Gasteiger partial charge in [0.25, 0.3) is 0 Å². The van der Waals surface area contributed by atoms with Crippen LogP contribution in [0.2, 0.25) is 0 Å². The minimum absolute atomic E-state index is 0.0907. The number of hydrogen-bond donors (Lipinski definition) is 1. The highest BCUT2D eigenvalue weighted by atomic mass is 32.1. The van der Waals surface area contributed by atoms with Crippen molar-refractivity contribution in [2.75, 3.05) is 0 Å². The van der Waals surface area contributed by atoms with Crippen molar-refractivity contribution in [1.29, 1.82) is 0 Å². The van der Waals surface area contributed by atoms with Crippen LogP contribution >= 0.6 is 11.3 Å². The molecule has 2 aromatic heterocycles. The molecule has 0 spiro atoms. The van der Waals surface area contributed by atoms with E-state index in [1.807, 2.05) is 6.92 Å². The highest BCUT2D eigenvalue weighted by molar-refractivity contribution is 7.19. The van der Waals surface area contributed by atoms with Crippen LogP contribution < -0.4 is 0 Å². The molecule has 0 unspecified atom stereocenters. The predicted molar refractivity (Wildman–Crippen MR) is 68.8 cm³/mol. The summed E-state index contributed by atoms with van der Waals surface area (Å²) >= 11 is 1.12. The predicted octanol–water partition coefficient (Wildman–Crippen LogP) is 2.56. The lowest BCUT2D eigenvalue weighted by Crippen LogP contribution is -2.07. The van der Waals surface area contributed by atoms with E-state index in [1.54, 1.807) is 11.3 Å². The lowest BCUT2D eigenvalue weighted by atomic mass is 10.2. The minimum Gasteiger partial charge on any atom is -0.477 e. The summed E-state index contributed by atoms with van der Waals surface area (Å²) in [5.74, 6) is -1.05. The van der Waals surface area contributed by atoms with E-state index in [1.165, 1.54) is 6.92 Å². The van der Waals surface area contributed by atoms with E-state index in [4.69, 9.17) is 0 Å². The van der Waals surface area contributed by atoms with Crippen LogP contribution in [-0.4, -0.2) is 26.2 Å². The zero-order valence-electron chi connectivity index (χ0n) is 10.5. The second-order valence-electron chi connectivity index (χ2n) is 4.15. The highest BCUT2D eigenvalue weighted by Gasteiger charge is 2.23. The van der Waals surface area contributed by atoms with Gasteiger partial charge in [-0.05, 0) is 13.3 Å². The molecule has 5 nitrogen and oxygen atoms in total. The van der Waals surface area contributed by atoms with Crippen LogP contribution in [-0.2, 0) is 6.42 Å². The average Bonchev–Trinajstić information content (AvgIpc) is 2.74. The fraction of sp³-hybridized carbons (Fsp3) is 0.417. The first-order chi connectivity index (χ1) is 8.47. The topological polar surface area (TPSA) is 71.7 Å². The Labute approximate surface area is 108 Å². The first kappa shape index (κ1) is 12.8. The Kier molecular flexibility index (Phi) is 3.21. The molecule has 96 valence electrons. The van der Waals surface area contributed by atoms with Gasteiger partial charge in [0.1, 0.15) is 10.6 Å². The van der Waals surface area contributed by atoms with Crippen molar-refractivity contribution < 1.29 is 14.7 Å². The van der Waals surface area contributed by atoms with Gasteiger partial charge in [-0.1, -0.05) is 24.7 Å². The van der Waals surface area contributed by atoms with Crippen molar-refractivity contribution in [3.05, 3.63) is 22.0 Å². The lowest BCUT2D eigenvalue weighted by molar-refractivity contribution is 0.0700. The summed E-state index contributed by atoms with van der Waals surface area (Å²) in [6.45, 7) is 5.23. The number of imidazole rings is 1. The molecule has 0 aromatic carbocycles. The Bertz CT molecular complexity index is 639. The zero-order valence-corrected chi connectivity index (χ0v) is 11.3. The van der Waals surface area contributed by atoms with Crippen molar-refractivity contribution in [2.45, 2.75) is 33.6 Å². The molecule has 2 aromatic rings. The maximum absolute atomic E-state index is 11.7. The SMILES string of the molecule is CCCc1c(C(=O)O)sc2nc(C)c(C(C)=O)n12. The third-order valence-electron chi connectivity index (χ3n) is 2.76. The molecule has 2 heterocycles. The molecule has 0 aliphatic rings. The van der Waals surface area contributed by atoms with Crippen molar-refractivity contribution in [1.82, 2.24) is 9.38 Å². The second kappa shape index (κ2) is 4.53. The first-order valence-electron chi connectivity index (χ1n) is 5.72. The third kappa shape index (κ3) is 1.82. The number of thiazole rings is 1. The Morgan fingerprint density at radius 1 is 1.44 bits per heavy atom. The number of aryl methyl sites for hydroxylation is 2. The summed E-state index contributed by atoms with van der Waals surface area (Å²) < 4.78 is 1.70. The van der Waals surface area contributed by atoms with Crippen molar-refractivity contribution in [3.8, 4) is 0 Å². The van der Waals surface area contributed by atoms with Gasteiger partial charge in [-0.2, -0.15) is 0 Å². The summed E-state index contributed by atoms with van der Waals surface area (Å²) in [4.78, 5) is 28.0. The molecule has 0 saturated carbocycles. The number of carboxylic acid groups (broad SMARTS) is 1. The van der Waals surface area contributed by atoms with E-state index in [9.17, 15) is 14.7 Å². The number of aromatic nitrogens is 2. The third-order valence-corrected chi connectivity index (χ3v) is 3.83. The number of carbonyl (C=O) groups excluding carboxylic acids is 1. The van der Waals surface area contributed by atoms with Gasteiger partial charge in [-0.3, -0.25) is 9.20 Å². The van der Waals surface area contributed by atoms with E-state index in [2.05, 4.69) is 4.98 Å². The fourth-order valence-corrected chi connectivity index (χ4v) is 3.17. The standard InChI is InChI=1S/C12H14N2O3S/c1-4-5-8-10(11(16)17)18-12-13-6(2)9(7(3)15)14(8)12/h4-5H2,1-3H3,(H,16,17). The molecule has 0 amide bonds. The maximum Gasteiger partial charge on any atom is 0.347 e. The fourth-order valence-electron chi connectivity index (χ4n) is 2.12. The van der Waals surface area contributed by atoms with Gasteiger partial charge in [-0.25, -0.2) is 9.78 Å². The molecule has 18 heavy (non-hydrogen) atoms. The zero-order chi connectivity index (χ0) is 13.4. The van der Waals surface area contributed by atoms with Crippen LogP contribution in [0, 0.1) is 6.92 Å². The monoisotopic (exact) mass is 266 g/mol. The van der Waals surface area contributed by atoms with Crippen LogP contribution in [0.1, 0.15) is 51.8 Å². The smallest absolute Gasteiger partial charge is 0.347 e. The average molecular weight is 266 g/mol. The van der Waals surface area contributed by atoms with E-state index in [-0.39, 0.29) is 10.7 Å². The number of rotatable bonds is 4. The molecule has 0 radical (unpaired) electrons. The Morgan fingerprint density at radius 2 is 2.11 bits per heavy atom. The molecule has 0 aliphatic carbocycles. The highest BCUT2D eigenvalue weighted by Crippen LogP contribution is 2.27. The van der Waals surface area contributed by atoms with Crippen LogP contribution in [0.3, 0.4) is 0 Å². The van der Waals surface area contributed by atoms with E-state index in [0.717, 1.165) is 17.8 Å². The van der Waals surface area contributed by atoms with E-state index in [0.29, 0.717) is 28.5 Å². The normalized spacial score (nSPS) is 11.1. The molecule has 0 bridgehead atoms. The quantitative estimate of drug-likeness (QED) is 0.863. The van der Waals surface area contributed by atoms with Crippen LogP contribution in [0.15, 0.2) is 0 Å². The molecular weight excluding hydrogens is 252 g/mol. The second-order valence-corrected chi connectivity index (χ2v) is 5.13. The van der Waals surface area contributed by atoms with Gasteiger partial charge in [0.2, 0.25) is 0 Å². The van der Waals surface area contributed by atoms with Crippen molar-refractivity contribution in [3.63, 3.8) is 0 Å². The largest absolute Gasteiger partial charge is 0.477 e. The van der Waals surface area contributed by atoms with Crippen LogP contribution in [0.5, 0.6) is 0 Å². The van der Waals surface area contributed by atoms with E-state index >= 15 is 0 Å². The van der Waals surface area contributed by atoms with Crippen molar-refractivity contribution in [2.24, 2.45) is 0 Å². The van der Waals surface area contributed by atoms with Gasteiger partial charge in [-0.15, -0.1) is 0 Å². The molecule has 6 heteroatoms. The molecule has 2 rings (SSSR count). The molecule has 0 aliphatic heterocycles. The van der Waals surface area contributed by atoms with Crippen LogP contribution in [0.25, 0.3) is 4.96 Å². The van der Waals surface area contributed by atoms with Gasteiger partial charge in [0.15, 0.2) is 10.7 Å². The molecule has 0 atom stereocenters. The summed E-state index contributed by atoms with van der Waals surface area (Å²) in [6, 6.07) is 0. The number of carboxylic acids is 1. The van der Waals surface area contributed by atoms with Crippen molar-refractivity contribution >= 4 is 28.1 Å².